The fourth-order valence-corrected chi connectivity index (χ4v) is 4.13. The van der Waals surface area contributed by atoms with Crippen LogP contribution in [-0.4, -0.2) is 35.6 Å². The minimum Gasteiger partial charge on any atom is -0.496 e. The first-order valence-corrected chi connectivity index (χ1v) is 10.2. The molecular weight excluding hydrogens is 438 g/mol. The van der Waals surface area contributed by atoms with E-state index in [2.05, 4.69) is 5.32 Å². The number of carbonyl (C=O) groups is 3. The Morgan fingerprint density at radius 3 is 2.56 bits per heavy atom. The van der Waals surface area contributed by atoms with Crippen molar-refractivity contribution in [2.75, 3.05) is 19.0 Å². The molecule has 0 radical (unpaired) electrons. The van der Waals surface area contributed by atoms with Crippen LogP contribution < -0.4 is 10.1 Å². The SMILES string of the molecule is COc1ccc(/C=C2/SC(=O)N(CC(=O)Nc3ccc(F)cc3F)C2=O)c2ccccc12. The monoisotopic (exact) mass is 454 g/mol. The van der Waals surface area contributed by atoms with Crippen LogP contribution in [0.5, 0.6) is 5.75 Å². The number of nitrogens with zero attached hydrogens (tertiary/aromatic N) is 1. The van der Waals surface area contributed by atoms with Gasteiger partial charge in [0.15, 0.2) is 0 Å². The molecule has 1 fully saturated rings. The van der Waals surface area contributed by atoms with Crippen molar-refractivity contribution in [2.24, 2.45) is 0 Å². The second kappa shape index (κ2) is 8.80. The molecule has 9 heteroatoms. The van der Waals surface area contributed by atoms with Crippen molar-refractivity contribution in [3.05, 3.63) is 76.7 Å². The number of ether oxygens (including phenoxy) is 1. The average Bonchev–Trinajstić information content (AvgIpc) is 3.03. The van der Waals surface area contributed by atoms with Gasteiger partial charge in [0.1, 0.15) is 23.9 Å². The van der Waals surface area contributed by atoms with Crippen LogP contribution in [0.4, 0.5) is 19.3 Å². The zero-order chi connectivity index (χ0) is 22.8. The first-order chi connectivity index (χ1) is 15.4. The number of benzene rings is 3. The van der Waals surface area contributed by atoms with Crippen LogP contribution in [-0.2, 0) is 9.59 Å². The second-order valence-electron chi connectivity index (χ2n) is 6.84. The number of rotatable bonds is 5. The van der Waals surface area contributed by atoms with Crippen molar-refractivity contribution in [3.63, 3.8) is 0 Å². The summed E-state index contributed by atoms with van der Waals surface area (Å²) in [6.45, 7) is -0.595. The largest absolute Gasteiger partial charge is 0.496 e. The minimum atomic E-state index is -0.959. The van der Waals surface area contributed by atoms with E-state index in [-0.39, 0.29) is 10.6 Å². The first kappa shape index (κ1) is 21.5. The molecule has 0 aromatic heterocycles. The van der Waals surface area contributed by atoms with Crippen LogP contribution in [0.1, 0.15) is 5.56 Å². The summed E-state index contributed by atoms with van der Waals surface area (Å²) in [4.78, 5) is 38.3. The molecule has 1 saturated heterocycles. The Morgan fingerprint density at radius 1 is 1.09 bits per heavy atom. The van der Waals surface area contributed by atoms with Gasteiger partial charge >= 0.3 is 0 Å². The van der Waals surface area contributed by atoms with E-state index in [0.29, 0.717) is 29.1 Å². The van der Waals surface area contributed by atoms with E-state index in [0.717, 1.165) is 27.8 Å². The van der Waals surface area contributed by atoms with Crippen molar-refractivity contribution >= 4 is 51.4 Å². The Hall–Kier alpha value is -3.72. The predicted octanol–water partition coefficient (Wildman–Crippen LogP) is 4.80. The molecule has 1 aliphatic heterocycles. The predicted molar refractivity (Wildman–Crippen MR) is 118 cm³/mol. The summed E-state index contributed by atoms with van der Waals surface area (Å²) < 4.78 is 32.1. The van der Waals surface area contributed by atoms with E-state index in [1.54, 1.807) is 25.3 Å². The Labute approximate surface area is 185 Å². The third-order valence-corrected chi connectivity index (χ3v) is 5.71. The second-order valence-corrected chi connectivity index (χ2v) is 7.84. The zero-order valence-corrected chi connectivity index (χ0v) is 17.5. The van der Waals surface area contributed by atoms with E-state index in [4.69, 9.17) is 4.74 Å². The van der Waals surface area contributed by atoms with Crippen molar-refractivity contribution in [1.82, 2.24) is 4.90 Å². The molecule has 0 aliphatic carbocycles. The number of halogens is 2. The molecule has 1 N–H and O–H groups in total. The highest BCUT2D eigenvalue weighted by molar-refractivity contribution is 8.18. The Kier molecular flexibility index (Phi) is 5.91. The standard InChI is InChI=1S/C23H16F2N2O4S/c1-31-19-9-6-13(15-4-2-3-5-16(15)19)10-20-22(29)27(23(30)32-20)12-21(28)26-18-8-7-14(24)11-17(18)25/h2-11H,12H2,1H3,(H,26,28)/b20-10+. The fourth-order valence-electron chi connectivity index (χ4n) is 3.30. The van der Waals surface area contributed by atoms with Crippen LogP contribution in [0.25, 0.3) is 16.8 Å². The highest BCUT2D eigenvalue weighted by Crippen LogP contribution is 2.35. The van der Waals surface area contributed by atoms with Crippen molar-refractivity contribution < 1.29 is 27.9 Å². The summed E-state index contributed by atoms with van der Waals surface area (Å²) in [6.07, 6.45) is 1.59. The van der Waals surface area contributed by atoms with Crippen LogP contribution in [0.3, 0.4) is 0 Å². The summed E-state index contributed by atoms with van der Waals surface area (Å²) >= 11 is 0.712. The summed E-state index contributed by atoms with van der Waals surface area (Å²) in [5.41, 5.74) is 0.466. The molecule has 3 aromatic carbocycles. The lowest BCUT2D eigenvalue weighted by atomic mass is 10.0. The molecule has 6 nitrogen and oxygen atoms in total. The number of hydrogen-bond donors (Lipinski definition) is 1. The molecule has 3 amide bonds. The molecular formula is C23H16F2N2O4S. The highest BCUT2D eigenvalue weighted by atomic mass is 32.2. The maximum Gasteiger partial charge on any atom is 0.294 e. The molecule has 0 spiro atoms. The van der Waals surface area contributed by atoms with E-state index in [1.165, 1.54) is 0 Å². The molecule has 1 heterocycles. The van der Waals surface area contributed by atoms with Gasteiger partial charge in [-0.2, -0.15) is 0 Å². The Bertz CT molecular complexity index is 1290. The number of carbonyl (C=O) groups excluding carboxylic acids is 3. The van der Waals surface area contributed by atoms with Crippen molar-refractivity contribution in [2.45, 2.75) is 0 Å². The zero-order valence-electron chi connectivity index (χ0n) is 16.7. The van der Waals surface area contributed by atoms with Crippen LogP contribution >= 0.6 is 11.8 Å². The lowest BCUT2D eigenvalue weighted by Crippen LogP contribution is -2.36. The third kappa shape index (κ3) is 4.19. The quantitative estimate of drug-likeness (QED) is 0.561. The molecule has 0 bridgehead atoms. The molecule has 4 rings (SSSR count). The molecule has 1 aliphatic rings. The number of thioether (sulfide) groups is 1. The number of imide groups is 1. The highest BCUT2D eigenvalue weighted by Gasteiger charge is 2.36. The van der Waals surface area contributed by atoms with Gasteiger partial charge in [-0.1, -0.05) is 30.3 Å². The maximum absolute atomic E-state index is 13.7. The minimum absolute atomic E-state index is 0.158. The number of fused-ring (bicyclic) bond motifs is 1. The number of anilines is 1. The summed E-state index contributed by atoms with van der Waals surface area (Å²) in [5.74, 6) is -2.49. The lowest BCUT2D eigenvalue weighted by Gasteiger charge is -2.13. The van der Waals surface area contributed by atoms with Crippen molar-refractivity contribution in [1.29, 1.82) is 0 Å². The van der Waals surface area contributed by atoms with Gasteiger partial charge in [-0.05, 0) is 47.0 Å². The van der Waals surface area contributed by atoms with Crippen LogP contribution in [0.15, 0.2) is 59.5 Å². The number of nitrogens with one attached hydrogen (secondary N) is 1. The molecule has 0 unspecified atom stereocenters. The fraction of sp³-hybridized carbons (Fsp3) is 0.0870. The number of hydrogen-bond acceptors (Lipinski definition) is 5. The van der Waals surface area contributed by atoms with Crippen LogP contribution in [0, 0.1) is 11.6 Å². The van der Waals surface area contributed by atoms with E-state index < -0.39 is 35.2 Å². The van der Waals surface area contributed by atoms with E-state index >= 15 is 0 Å². The first-order valence-electron chi connectivity index (χ1n) is 9.43. The van der Waals surface area contributed by atoms with E-state index in [9.17, 15) is 23.2 Å². The van der Waals surface area contributed by atoms with Gasteiger partial charge in [0, 0.05) is 11.5 Å². The van der Waals surface area contributed by atoms with Gasteiger partial charge in [-0.3, -0.25) is 19.3 Å². The Morgan fingerprint density at radius 2 is 1.84 bits per heavy atom. The normalized spacial score (nSPS) is 15.0. The summed E-state index contributed by atoms with van der Waals surface area (Å²) in [6, 6.07) is 13.7. The summed E-state index contributed by atoms with van der Waals surface area (Å²) in [7, 11) is 1.57. The van der Waals surface area contributed by atoms with Gasteiger partial charge in [0.25, 0.3) is 11.1 Å². The molecule has 0 atom stereocenters. The molecule has 3 aromatic rings. The number of amides is 3. The molecule has 0 saturated carbocycles. The van der Waals surface area contributed by atoms with Crippen LogP contribution in [0.2, 0.25) is 0 Å². The smallest absolute Gasteiger partial charge is 0.294 e. The average molecular weight is 454 g/mol. The van der Waals surface area contributed by atoms with Gasteiger partial charge in [0.2, 0.25) is 5.91 Å². The summed E-state index contributed by atoms with van der Waals surface area (Å²) in [5, 5.41) is 3.31. The van der Waals surface area contributed by atoms with Gasteiger partial charge in [-0.15, -0.1) is 0 Å². The van der Waals surface area contributed by atoms with Crippen molar-refractivity contribution in [3.8, 4) is 5.75 Å². The van der Waals surface area contributed by atoms with E-state index in [1.807, 2.05) is 24.3 Å². The Balaban J connectivity index is 1.55. The maximum atomic E-state index is 13.7. The molecule has 162 valence electrons. The lowest BCUT2D eigenvalue weighted by molar-refractivity contribution is -0.127. The third-order valence-electron chi connectivity index (χ3n) is 4.80. The van der Waals surface area contributed by atoms with Gasteiger partial charge in [-0.25, -0.2) is 8.78 Å². The van der Waals surface area contributed by atoms with Gasteiger partial charge < -0.3 is 10.1 Å². The molecule has 32 heavy (non-hydrogen) atoms. The van der Waals surface area contributed by atoms with Gasteiger partial charge in [0.05, 0.1) is 17.7 Å². The topological polar surface area (TPSA) is 75.7 Å². The number of methoxy groups -OCH3 is 1.